The van der Waals surface area contributed by atoms with E-state index in [2.05, 4.69) is 21.4 Å². The molecule has 3 aliphatic heterocycles. The Morgan fingerprint density at radius 3 is 2.74 bits per heavy atom. The first kappa shape index (κ1) is 21.0. The minimum Gasteiger partial charge on any atom is -0.322 e. The molecule has 1 unspecified atom stereocenters. The van der Waals surface area contributed by atoms with Crippen molar-refractivity contribution in [1.82, 2.24) is 29.9 Å². The molecule has 34 heavy (non-hydrogen) atoms. The topological polar surface area (TPSA) is 100 Å². The maximum Gasteiger partial charge on any atom is 0.255 e. The van der Waals surface area contributed by atoms with Crippen LogP contribution in [0.5, 0.6) is 0 Å². The highest BCUT2D eigenvalue weighted by molar-refractivity contribution is 6.05. The number of piperidine rings is 1. The molecule has 1 aromatic carbocycles. The van der Waals surface area contributed by atoms with Gasteiger partial charge in [-0.3, -0.25) is 29.3 Å². The van der Waals surface area contributed by atoms with Crippen LogP contribution in [-0.2, 0) is 29.7 Å². The number of hydrogen-bond donors (Lipinski definition) is 1. The maximum absolute atomic E-state index is 13.0. The number of rotatable bonds is 4. The Labute approximate surface area is 196 Å². The third-order valence-corrected chi connectivity index (χ3v) is 7.10. The second-order valence-corrected chi connectivity index (χ2v) is 9.46. The number of carbonyl (C=O) groups is 3. The molecule has 2 fully saturated rings. The number of nitrogens with one attached hydrogen (secondary N) is 1. The van der Waals surface area contributed by atoms with E-state index in [1.807, 2.05) is 31.4 Å². The Balaban J connectivity index is 1.33. The van der Waals surface area contributed by atoms with Gasteiger partial charge in [-0.05, 0) is 61.7 Å². The molecule has 0 aliphatic carbocycles. The molecule has 3 aliphatic rings. The summed E-state index contributed by atoms with van der Waals surface area (Å²) in [6.07, 6.45) is 5.09. The van der Waals surface area contributed by atoms with Gasteiger partial charge in [0.2, 0.25) is 11.8 Å². The zero-order chi connectivity index (χ0) is 23.4. The fourth-order valence-corrected chi connectivity index (χ4v) is 5.37. The van der Waals surface area contributed by atoms with E-state index in [1.165, 1.54) is 18.4 Å². The summed E-state index contributed by atoms with van der Waals surface area (Å²) in [6.45, 7) is 3.43. The van der Waals surface area contributed by atoms with Crippen LogP contribution in [0.2, 0.25) is 0 Å². The number of fused-ring (bicyclic) bond motifs is 2. The van der Waals surface area contributed by atoms with Crippen LogP contribution in [0, 0.1) is 0 Å². The summed E-state index contributed by atoms with van der Waals surface area (Å²) in [7, 11) is 1.91. The first-order valence-corrected chi connectivity index (χ1v) is 11.8. The van der Waals surface area contributed by atoms with E-state index in [9.17, 15) is 14.4 Å². The van der Waals surface area contributed by atoms with Crippen LogP contribution in [-0.4, -0.2) is 61.4 Å². The van der Waals surface area contributed by atoms with Gasteiger partial charge >= 0.3 is 0 Å². The Hall–Kier alpha value is -3.59. The van der Waals surface area contributed by atoms with Gasteiger partial charge in [0.15, 0.2) is 5.65 Å². The van der Waals surface area contributed by atoms with E-state index < -0.39 is 11.9 Å². The van der Waals surface area contributed by atoms with E-state index in [0.29, 0.717) is 18.5 Å². The maximum atomic E-state index is 13.0. The molecule has 0 bridgehead atoms. The molecular weight excluding hydrogens is 432 g/mol. The van der Waals surface area contributed by atoms with Gasteiger partial charge in [0.1, 0.15) is 6.04 Å². The van der Waals surface area contributed by atoms with Crippen molar-refractivity contribution >= 4 is 28.8 Å². The van der Waals surface area contributed by atoms with Crippen molar-refractivity contribution in [2.24, 2.45) is 7.05 Å². The molecule has 2 aromatic heterocycles. The van der Waals surface area contributed by atoms with Gasteiger partial charge in [-0.1, -0.05) is 6.07 Å². The van der Waals surface area contributed by atoms with Crippen molar-refractivity contribution in [1.29, 1.82) is 0 Å². The number of aromatic nitrogens is 3. The predicted molar refractivity (Wildman–Crippen MR) is 125 cm³/mol. The summed E-state index contributed by atoms with van der Waals surface area (Å²) in [6, 6.07) is 7.26. The first-order chi connectivity index (χ1) is 16.5. The van der Waals surface area contributed by atoms with Gasteiger partial charge in [-0.15, -0.1) is 0 Å². The van der Waals surface area contributed by atoms with Gasteiger partial charge in [0, 0.05) is 49.3 Å². The van der Waals surface area contributed by atoms with Gasteiger partial charge in [0.25, 0.3) is 5.91 Å². The molecule has 1 N–H and O–H groups in total. The monoisotopic (exact) mass is 458 g/mol. The van der Waals surface area contributed by atoms with Crippen LogP contribution in [0.15, 0.2) is 30.5 Å². The molecule has 3 amide bonds. The summed E-state index contributed by atoms with van der Waals surface area (Å²) < 4.78 is 1.80. The standard InChI is InChI=1S/C25H26N6O3/c1-29-14-19-17(12-30-8-2-3-9-30)11-20(26-23(19)28-29)15-4-5-18-16(10-15)13-31(25(18)34)21-6-7-22(32)27-24(21)33/h4-5,10-11,14,21H,2-3,6-9,12-13H2,1H3,(H,27,32,33). The fourth-order valence-electron chi connectivity index (χ4n) is 5.37. The van der Waals surface area contributed by atoms with Crippen LogP contribution in [0.1, 0.15) is 47.2 Å². The molecule has 6 rings (SSSR count). The quantitative estimate of drug-likeness (QED) is 0.600. The van der Waals surface area contributed by atoms with Crippen molar-refractivity contribution in [3.8, 4) is 11.3 Å². The summed E-state index contributed by atoms with van der Waals surface area (Å²) in [4.78, 5) is 45.7. The number of imide groups is 1. The van der Waals surface area contributed by atoms with Gasteiger partial charge < -0.3 is 4.90 Å². The van der Waals surface area contributed by atoms with Crippen molar-refractivity contribution in [3.63, 3.8) is 0 Å². The smallest absolute Gasteiger partial charge is 0.255 e. The van der Waals surface area contributed by atoms with Crippen molar-refractivity contribution in [2.45, 2.75) is 44.8 Å². The molecule has 9 heteroatoms. The minimum absolute atomic E-state index is 0.168. The lowest BCUT2D eigenvalue weighted by atomic mass is 10.0. The Kier molecular flexibility index (Phi) is 4.95. The average Bonchev–Trinajstić information content (AvgIpc) is 3.53. The summed E-state index contributed by atoms with van der Waals surface area (Å²) >= 11 is 0. The number of amides is 3. The fraction of sp³-hybridized carbons (Fsp3) is 0.400. The zero-order valence-electron chi connectivity index (χ0n) is 19.1. The summed E-state index contributed by atoms with van der Waals surface area (Å²) in [5.41, 5.74) is 5.15. The number of pyridine rings is 1. The lowest BCUT2D eigenvalue weighted by molar-refractivity contribution is -0.136. The molecule has 0 spiro atoms. The molecule has 1 atom stereocenters. The third kappa shape index (κ3) is 3.56. The molecule has 174 valence electrons. The van der Waals surface area contributed by atoms with Crippen molar-refractivity contribution in [2.75, 3.05) is 13.1 Å². The van der Waals surface area contributed by atoms with Gasteiger partial charge in [0.05, 0.1) is 5.69 Å². The molecule has 0 saturated carbocycles. The SMILES string of the molecule is Cn1cc2c(CN3CCCC3)cc(-c3ccc4c(c3)CN(C3CCC(=O)NC3=O)C4=O)nc2n1. The Morgan fingerprint density at radius 2 is 1.94 bits per heavy atom. The number of aryl methyl sites for hydroxylation is 1. The second kappa shape index (κ2) is 8.02. The number of likely N-dealkylation sites (tertiary alicyclic amines) is 1. The highest BCUT2D eigenvalue weighted by Crippen LogP contribution is 2.32. The third-order valence-electron chi connectivity index (χ3n) is 7.10. The largest absolute Gasteiger partial charge is 0.322 e. The van der Waals surface area contributed by atoms with Crippen LogP contribution >= 0.6 is 0 Å². The molecule has 3 aromatic rings. The van der Waals surface area contributed by atoms with E-state index in [4.69, 9.17) is 4.98 Å². The van der Waals surface area contributed by atoms with E-state index >= 15 is 0 Å². The Morgan fingerprint density at radius 1 is 1.12 bits per heavy atom. The van der Waals surface area contributed by atoms with E-state index in [-0.39, 0.29) is 18.2 Å². The Bertz CT molecular complexity index is 1340. The lowest BCUT2D eigenvalue weighted by Gasteiger charge is -2.29. The molecule has 0 radical (unpaired) electrons. The van der Waals surface area contributed by atoms with E-state index in [0.717, 1.165) is 47.5 Å². The van der Waals surface area contributed by atoms with Gasteiger partial charge in [-0.25, -0.2) is 4.98 Å². The number of hydrogen-bond acceptors (Lipinski definition) is 6. The summed E-state index contributed by atoms with van der Waals surface area (Å²) in [5.74, 6) is -0.848. The van der Waals surface area contributed by atoms with Crippen LogP contribution in [0.25, 0.3) is 22.3 Å². The number of benzene rings is 1. The van der Waals surface area contributed by atoms with Crippen LogP contribution in [0.4, 0.5) is 0 Å². The average molecular weight is 459 g/mol. The molecular formula is C25H26N6O3. The van der Waals surface area contributed by atoms with Crippen LogP contribution < -0.4 is 5.32 Å². The highest BCUT2D eigenvalue weighted by atomic mass is 16.2. The zero-order valence-corrected chi connectivity index (χ0v) is 19.1. The first-order valence-electron chi connectivity index (χ1n) is 11.8. The molecule has 9 nitrogen and oxygen atoms in total. The molecule has 2 saturated heterocycles. The second-order valence-electron chi connectivity index (χ2n) is 9.46. The van der Waals surface area contributed by atoms with Crippen molar-refractivity contribution < 1.29 is 14.4 Å². The summed E-state index contributed by atoms with van der Waals surface area (Å²) in [5, 5.41) is 7.98. The van der Waals surface area contributed by atoms with Gasteiger partial charge in [-0.2, -0.15) is 5.10 Å². The highest BCUT2D eigenvalue weighted by Gasteiger charge is 2.39. The number of carbonyl (C=O) groups excluding carboxylic acids is 3. The predicted octanol–water partition coefficient (Wildman–Crippen LogP) is 1.99. The minimum atomic E-state index is -0.615. The van der Waals surface area contributed by atoms with Crippen LogP contribution in [0.3, 0.4) is 0 Å². The normalized spacial score (nSPS) is 20.9. The molecule has 5 heterocycles. The number of nitrogens with zero attached hydrogens (tertiary/aromatic N) is 5. The van der Waals surface area contributed by atoms with Crippen molar-refractivity contribution in [3.05, 3.63) is 47.2 Å². The lowest BCUT2D eigenvalue weighted by Crippen LogP contribution is -2.52. The van der Waals surface area contributed by atoms with E-state index in [1.54, 1.807) is 9.58 Å².